The number of nitrogens with one attached hydrogen (secondary N) is 2. The van der Waals surface area contributed by atoms with Crippen molar-refractivity contribution in [3.05, 3.63) is 71.1 Å². The molecule has 1 amide bonds. The fourth-order valence-electron chi connectivity index (χ4n) is 3.58. The third-order valence-electron chi connectivity index (χ3n) is 5.32. The van der Waals surface area contributed by atoms with Crippen LogP contribution in [0, 0.1) is 0 Å². The summed E-state index contributed by atoms with van der Waals surface area (Å²) in [5.41, 5.74) is 1.94. The van der Waals surface area contributed by atoms with Gasteiger partial charge in [-0.3, -0.25) is 4.79 Å². The predicted octanol–water partition coefficient (Wildman–Crippen LogP) is 4.01. The van der Waals surface area contributed by atoms with Gasteiger partial charge in [0.15, 0.2) is 0 Å². The molecular weight excluding hydrogens is 436 g/mol. The second-order valence-corrected chi connectivity index (χ2v) is 9.84. The zero-order valence-corrected chi connectivity index (χ0v) is 18.6. The third kappa shape index (κ3) is 4.51. The molecule has 0 saturated carbocycles. The Balaban J connectivity index is 1.53. The van der Waals surface area contributed by atoms with Crippen molar-refractivity contribution in [1.29, 1.82) is 0 Å². The fraction of sp³-hybridized carbons (Fsp3) is 0.273. The maximum Gasteiger partial charge on any atom is 0.253 e. The van der Waals surface area contributed by atoms with Crippen molar-refractivity contribution in [3.8, 4) is 11.3 Å². The standard InChI is InChI=1S/C22H23ClN4O3S/c1-15(21-24-14-20(26-21)16-7-3-2-4-8-16)25-22(28)18-13-17(9-10-19(18)23)31(29,30)27-11-5-6-12-27/h2-4,7-10,13-15H,5-6,11-12H2,1H3,(H,24,26)(H,25,28). The van der Waals surface area contributed by atoms with Gasteiger partial charge in [0.2, 0.25) is 10.0 Å². The van der Waals surface area contributed by atoms with Gasteiger partial charge in [-0.1, -0.05) is 41.9 Å². The molecule has 1 fully saturated rings. The highest BCUT2D eigenvalue weighted by Gasteiger charge is 2.28. The van der Waals surface area contributed by atoms with Crippen LogP contribution in [0.2, 0.25) is 5.02 Å². The number of amides is 1. The smallest absolute Gasteiger partial charge is 0.253 e. The number of rotatable bonds is 6. The first-order chi connectivity index (χ1) is 14.9. The average molecular weight is 459 g/mol. The molecule has 7 nitrogen and oxygen atoms in total. The quantitative estimate of drug-likeness (QED) is 0.583. The highest BCUT2D eigenvalue weighted by Crippen LogP contribution is 2.26. The molecule has 2 N–H and O–H groups in total. The van der Waals surface area contributed by atoms with Gasteiger partial charge < -0.3 is 10.3 Å². The Bertz CT molecular complexity index is 1190. The monoisotopic (exact) mass is 458 g/mol. The molecule has 1 unspecified atom stereocenters. The summed E-state index contributed by atoms with van der Waals surface area (Å²) in [6, 6.07) is 13.5. The van der Waals surface area contributed by atoms with Gasteiger partial charge in [0.05, 0.1) is 33.4 Å². The van der Waals surface area contributed by atoms with Crippen LogP contribution in [0.1, 0.15) is 42.0 Å². The van der Waals surface area contributed by atoms with Gasteiger partial charge >= 0.3 is 0 Å². The molecule has 3 aromatic rings. The van der Waals surface area contributed by atoms with Gasteiger partial charge in [0.25, 0.3) is 5.91 Å². The van der Waals surface area contributed by atoms with Crippen molar-refractivity contribution >= 4 is 27.5 Å². The van der Waals surface area contributed by atoms with E-state index in [1.54, 1.807) is 13.1 Å². The van der Waals surface area contributed by atoms with Crippen LogP contribution >= 0.6 is 11.6 Å². The lowest BCUT2D eigenvalue weighted by Crippen LogP contribution is -2.29. The number of carbonyl (C=O) groups is 1. The molecule has 162 valence electrons. The van der Waals surface area contributed by atoms with Crippen LogP contribution < -0.4 is 5.32 Å². The summed E-state index contributed by atoms with van der Waals surface area (Å²) in [7, 11) is -3.64. The molecule has 1 aromatic heterocycles. The lowest BCUT2D eigenvalue weighted by molar-refractivity contribution is 0.0938. The Morgan fingerprint density at radius 2 is 1.87 bits per heavy atom. The molecule has 0 bridgehead atoms. The molecule has 2 heterocycles. The first-order valence-corrected chi connectivity index (χ1v) is 11.9. The number of nitrogens with zero attached hydrogens (tertiary/aromatic N) is 2. The molecule has 9 heteroatoms. The van der Waals surface area contributed by atoms with E-state index >= 15 is 0 Å². The molecule has 1 atom stereocenters. The van der Waals surface area contributed by atoms with Gasteiger partial charge in [0, 0.05) is 13.1 Å². The summed E-state index contributed by atoms with van der Waals surface area (Å²) in [6.07, 6.45) is 3.39. The van der Waals surface area contributed by atoms with Crippen LogP contribution in [0.25, 0.3) is 11.3 Å². The summed E-state index contributed by atoms with van der Waals surface area (Å²) in [4.78, 5) is 20.5. The van der Waals surface area contributed by atoms with Crippen molar-refractivity contribution in [3.63, 3.8) is 0 Å². The minimum absolute atomic E-state index is 0.0703. The van der Waals surface area contributed by atoms with Gasteiger partial charge in [-0.25, -0.2) is 13.4 Å². The molecule has 1 saturated heterocycles. The van der Waals surface area contributed by atoms with E-state index in [4.69, 9.17) is 11.6 Å². The second kappa shape index (κ2) is 8.82. The van der Waals surface area contributed by atoms with E-state index in [0.29, 0.717) is 18.9 Å². The Hall–Kier alpha value is -2.68. The van der Waals surface area contributed by atoms with E-state index in [2.05, 4.69) is 15.3 Å². The summed E-state index contributed by atoms with van der Waals surface area (Å²) >= 11 is 6.22. The van der Waals surface area contributed by atoms with Crippen LogP contribution in [0.3, 0.4) is 0 Å². The molecule has 0 radical (unpaired) electrons. The zero-order valence-electron chi connectivity index (χ0n) is 17.0. The first-order valence-electron chi connectivity index (χ1n) is 10.1. The summed E-state index contributed by atoms with van der Waals surface area (Å²) < 4.78 is 27.1. The Labute approximate surface area is 186 Å². The molecule has 1 aliphatic rings. The molecule has 2 aromatic carbocycles. The third-order valence-corrected chi connectivity index (χ3v) is 7.55. The number of aromatic amines is 1. The number of carbonyl (C=O) groups excluding carboxylic acids is 1. The number of hydrogen-bond donors (Lipinski definition) is 2. The highest BCUT2D eigenvalue weighted by atomic mass is 35.5. The number of aromatic nitrogens is 2. The van der Waals surface area contributed by atoms with Gasteiger partial charge in [0.1, 0.15) is 5.82 Å². The molecular formula is C22H23ClN4O3S. The molecule has 0 spiro atoms. The zero-order chi connectivity index (χ0) is 22.0. The molecule has 31 heavy (non-hydrogen) atoms. The Morgan fingerprint density at radius 3 is 2.58 bits per heavy atom. The fourth-order valence-corrected chi connectivity index (χ4v) is 5.33. The van der Waals surface area contributed by atoms with Gasteiger partial charge in [-0.15, -0.1) is 0 Å². The van der Waals surface area contributed by atoms with E-state index in [1.807, 2.05) is 30.3 Å². The van der Waals surface area contributed by atoms with Gasteiger partial charge in [-0.05, 0) is 43.5 Å². The summed E-state index contributed by atoms with van der Waals surface area (Å²) in [5.74, 6) is 0.123. The average Bonchev–Trinajstić information content (AvgIpc) is 3.47. The summed E-state index contributed by atoms with van der Waals surface area (Å²) in [6.45, 7) is 2.78. The van der Waals surface area contributed by atoms with Crippen LogP contribution in [-0.4, -0.2) is 41.7 Å². The second-order valence-electron chi connectivity index (χ2n) is 7.50. The number of imidazole rings is 1. The van der Waals surface area contributed by atoms with Crippen molar-refractivity contribution in [2.45, 2.75) is 30.7 Å². The minimum Gasteiger partial charge on any atom is -0.342 e. The van der Waals surface area contributed by atoms with E-state index in [-0.39, 0.29) is 15.5 Å². The van der Waals surface area contributed by atoms with Crippen LogP contribution in [0.4, 0.5) is 0 Å². The van der Waals surface area contributed by atoms with Gasteiger partial charge in [-0.2, -0.15) is 4.31 Å². The highest BCUT2D eigenvalue weighted by molar-refractivity contribution is 7.89. The number of hydrogen-bond acceptors (Lipinski definition) is 4. The molecule has 4 rings (SSSR count). The first kappa shape index (κ1) is 21.5. The van der Waals surface area contributed by atoms with Crippen LogP contribution in [0.5, 0.6) is 0 Å². The van der Waals surface area contributed by atoms with Crippen molar-refractivity contribution in [2.24, 2.45) is 0 Å². The van der Waals surface area contributed by atoms with Crippen molar-refractivity contribution in [1.82, 2.24) is 19.6 Å². The van der Waals surface area contributed by atoms with E-state index in [1.165, 1.54) is 22.5 Å². The number of sulfonamides is 1. The largest absolute Gasteiger partial charge is 0.342 e. The van der Waals surface area contributed by atoms with Crippen LogP contribution in [-0.2, 0) is 10.0 Å². The van der Waals surface area contributed by atoms with Crippen molar-refractivity contribution < 1.29 is 13.2 Å². The minimum atomic E-state index is -3.64. The molecule has 1 aliphatic heterocycles. The Kier molecular flexibility index (Phi) is 6.13. The van der Waals surface area contributed by atoms with E-state index < -0.39 is 22.0 Å². The maximum atomic E-state index is 12.9. The normalized spacial score (nSPS) is 15.7. The lowest BCUT2D eigenvalue weighted by atomic mass is 10.2. The lowest BCUT2D eigenvalue weighted by Gasteiger charge is -2.17. The number of H-pyrrole nitrogens is 1. The maximum absolute atomic E-state index is 12.9. The van der Waals surface area contributed by atoms with E-state index in [9.17, 15) is 13.2 Å². The SMILES string of the molecule is CC(NC(=O)c1cc(S(=O)(=O)N2CCCC2)ccc1Cl)c1ncc(-c2ccccc2)[nH]1. The predicted molar refractivity (Wildman–Crippen MR) is 119 cm³/mol. The molecule has 0 aliphatic carbocycles. The number of halogens is 1. The van der Waals surface area contributed by atoms with Crippen LogP contribution in [0.15, 0.2) is 59.6 Å². The number of benzene rings is 2. The summed E-state index contributed by atoms with van der Waals surface area (Å²) in [5, 5.41) is 3.03. The Morgan fingerprint density at radius 1 is 1.16 bits per heavy atom. The van der Waals surface area contributed by atoms with Crippen molar-refractivity contribution in [2.75, 3.05) is 13.1 Å². The van der Waals surface area contributed by atoms with E-state index in [0.717, 1.165) is 24.1 Å². The topological polar surface area (TPSA) is 95.2 Å².